The Bertz CT molecular complexity index is 682. The van der Waals surface area contributed by atoms with Crippen LogP contribution in [0, 0.1) is 0 Å². The molecule has 0 bridgehead atoms. The molecule has 2 aromatic rings. The zero-order valence-corrected chi connectivity index (χ0v) is 10.8. The van der Waals surface area contributed by atoms with Crippen LogP contribution in [-0.4, -0.2) is 18.2 Å². The maximum Gasteiger partial charge on any atom is 0.335 e. The highest BCUT2D eigenvalue weighted by Gasteiger charge is 2.19. The summed E-state index contributed by atoms with van der Waals surface area (Å²) < 4.78 is 11.2. The molecule has 1 aliphatic heterocycles. The lowest BCUT2D eigenvalue weighted by atomic mass is 10.2. The van der Waals surface area contributed by atoms with Crippen molar-refractivity contribution in [3.05, 3.63) is 47.5 Å². The second-order valence-electron chi connectivity index (χ2n) is 4.42. The summed E-state index contributed by atoms with van der Waals surface area (Å²) in [4.78, 5) is 11.0. The van der Waals surface area contributed by atoms with Gasteiger partial charge in [0.25, 0.3) is 0 Å². The number of fused-ring (bicyclic) bond motifs is 2. The number of hydrogen-bond acceptors (Lipinski definition) is 4. The van der Waals surface area contributed by atoms with Crippen LogP contribution >= 0.6 is 0 Å². The quantitative estimate of drug-likeness (QED) is 0.878. The summed E-state index contributed by atoms with van der Waals surface area (Å²) in [6, 6.07) is 10.4. The predicted molar refractivity (Wildman–Crippen MR) is 73.8 cm³/mol. The second kappa shape index (κ2) is 4.77. The van der Waals surface area contributed by atoms with Gasteiger partial charge in [0.15, 0.2) is 17.2 Å². The highest BCUT2D eigenvalue weighted by atomic mass is 16.5. The molecule has 0 atom stereocenters. The number of para-hydroxylation sites is 1. The number of aromatic carboxylic acids is 1. The Labute approximate surface area is 115 Å². The average Bonchev–Trinajstić information content (AvgIpc) is 2.65. The minimum absolute atomic E-state index is 0.220. The Morgan fingerprint density at radius 3 is 2.95 bits per heavy atom. The maximum absolute atomic E-state index is 11.0. The van der Waals surface area contributed by atoms with Crippen LogP contribution in [0.5, 0.6) is 17.2 Å². The Morgan fingerprint density at radius 2 is 2.20 bits per heavy atom. The van der Waals surface area contributed by atoms with Crippen LogP contribution in [0.2, 0.25) is 0 Å². The van der Waals surface area contributed by atoms with Gasteiger partial charge in [0, 0.05) is 12.1 Å². The molecule has 1 heterocycles. The van der Waals surface area contributed by atoms with Crippen LogP contribution in [0.4, 0.5) is 5.69 Å². The molecular weight excluding hydrogens is 258 g/mol. The van der Waals surface area contributed by atoms with E-state index in [0.717, 1.165) is 5.56 Å². The number of rotatable bonds is 2. The number of benzene rings is 2. The molecule has 1 aliphatic rings. The van der Waals surface area contributed by atoms with E-state index in [2.05, 4.69) is 5.32 Å². The molecule has 5 nitrogen and oxygen atoms in total. The van der Waals surface area contributed by atoms with E-state index in [1.807, 2.05) is 18.2 Å². The average molecular weight is 271 g/mol. The molecule has 0 spiro atoms. The van der Waals surface area contributed by atoms with Crippen molar-refractivity contribution in [1.82, 2.24) is 0 Å². The smallest absolute Gasteiger partial charge is 0.335 e. The van der Waals surface area contributed by atoms with Crippen molar-refractivity contribution in [3.63, 3.8) is 0 Å². The molecule has 0 aliphatic carbocycles. The molecule has 0 saturated heterocycles. The predicted octanol–water partition coefficient (Wildman–Crippen LogP) is 3.11. The van der Waals surface area contributed by atoms with E-state index in [-0.39, 0.29) is 5.56 Å². The zero-order valence-electron chi connectivity index (χ0n) is 10.8. The molecule has 0 unspecified atom stereocenters. The second-order valence-corrected chi connectivity index (χ2v) is 4.42. The first kappa shape index (κ1) is 12.3. The summed E-state index contributed by atoms with van der Waals surface area (Å²) in [5.74, 6) is 0.927. The fourth-order valence-corrected chi connectivity index (χ4v) is 2.17. The maximum atomic E-state index is 11.0. The number of carboxylic acid groups (broad SMARTS) is 1. The van der Waals surface area contributed by atoms with Gasteiger partial charge >= 0.3 is 5.97 Å². The molecule has 3 rings (SSSR count). The molecule has 0 amide bonds. The molecule has 0 radical (unpaired) electrons. The fraction of sp³-hybridized carbons (Fsp3) is 0.133. The molecule has 102 valence electrons. The van der Waals surface area contributed by atoms with Crippen LogP contribution in [0.3, 0.4) is 0 Å². The number of carbonyl (C=O) groups is 1. The van der Waals surface area contributed by atoms with Gasteiger partial charge in [-0.05, 0) is 24.3 Å². The first-order valence-corrected chi connectivity index (χ1v) is 6.14. The largest absolute Gasteiger partial charge is 0.493 e. The molecule has 2 N–H and O–H groups in total. The molecule has 5 heteroatoms. The minimum Gasteiger partial charge on any atom is -0.493 e. The Balaban J connectivity index is 2.06. The third-order valence-corrected chi connectivity index (χ3v) is 3.19. The van der Waals surface area contributed by atoms with E-state index in [4.69, 9.17) is 14.6 Å². The van der Waals surface area contributed by atoms with E-state index in [9.17, 15) is 4.79 Å². The van der Waals surface area contributed by atoms with Crippen LogP contribution in [0.25, 0.3) is 0 Å². The Morgan fingerprint density at radius 1 is 1.35 bits per heavy atom. The van der Waals surface area contributed by atoms with Gasteiger partial charge in [-0.2, -0.15) is 0 Å². The first-order chi connectivity index (χ1) is 9.69. The lowest BCUT2D eigenvalue weighted by molar-refractivity contribution is 0.0697. The summed E-state index contributed by atoms with van der Waals surface area (Å²) in [5.41, 5.74) is 1.83. The Kier molecular flexibility index (Phi) is 2.95. The summed E-state index contributed by atoms with van der Waals surface area (Å²) in [7, 11) is 1.59. The van der Waals surface area contributed by atoms with E-state index in [0.29, 0.717) is 29.5 Å². The van der Waals surface area contributed by atoms with Gasteiger partial charge in [0.2, 0.25) is 0 Å². The number of methoxy groups -OCH3 is 1. The van der Waals surface area contributed by atoms with E-state index in [1.54, 1.807) is 19.2 Å². The molecule has 2 aromatic carbocycles. The molecular formula is C15H13NO4. The summed E-state index contributed by atoms with van der Waals surface area (Å²) >= 11 is 0. The Hall–Kier alpha value is -2.69. The molecule has 0 saturated carbocycles. The monoisotopic (exact) mass is 271 g/mol. The lowest BCUT2D eigenvalue weighted by Gasteiger charge is -2.11. The van der Waals surface area contributed by atoms with Crippen molar-refractivity contribution in [2.45, 2.75) is 6.54 Å². The van der Waals surface area contributed by atoms with E-state index < -0.39 is 5.97 Å². The van der Waals surface area contributed by atoms with Crippen LogP contribution < -0.4 is 14.8 Å². The SMILES string of the molecule is COc1cccc2c1Oc1ccc(C(=O)O)cc1NC2. The van der Waals surface area contributed by atoms with Gasteiger partial charge in [0.1, 0.15) is 0 Å². The normalized spacial score (nSPS) is 12.2. The fourth-order valence-electron chi connectivity index (χ4n) is 2.17. The molecule has 0 aromatic heterocycles. The van der Waals surface area contributed by atoms with Gasteiger partial charge in [-0.25, -0.2) is 4.79 Å². The van der Waals surface area contributed by atoms with Crippen molar-refractivity contribution in [2.24, 2.45) is 0 Å². The van der Waals surface area contributed by atoms with Crippen molar-refractivity contribution in [3.8, 4) is 17.2 Å². The van der Waals surface area contributed by atoms with Gasteiger partial charge in [-0.1, -0.05) is 12.1 Å². The topological polar surface area (TPSA) is 67.8 Å². The van der Waals surface area contributed by atoms with Crippen molar-refractivity contribution >= 4 is 11.7 Å². The first-order valence-electron chi connectivity index (χ1n) is 6.14. The van der Waals surface area contributed by atoms with Gasteiger partial charge in [-0.15, -0.1) is 0 Å². The van der Waals surface area contributed by atoms with Crippen molar-refractivity contribution in [2.75, 3.05) is 12.4 Å². The number of hydrogen-bond donors (Lipinski definition) is 2. The number of nitrogens with one attached hydrogen (secondary N) is 1. The van der Waals surface area contributed by atoms with Crippen LogP contribution in [0.15, 0.2) is 36.4 Å². The number of carboxylic acids is 1. The lowest BCUT2D eigenvalue weighted by Crippen LogP contribution is -2.00. The third-order valence-electron chi connectivity index (χ3n) is 3.19. The van der Waals surface area contributed by atoms with Gasteiger partial charge in [0.05, 0.1) is 18.4 Å². The van der Waals surface area contributed by atoms with E-state index >= 15 is 0 Å². The van der Waals surface area contributed by atoms with Crippen molar-refractivity contribution < 1.29 is 19.4 Å². The van der Waals surface area contributed by atoms with Crippen molar-refractivity contribution in [1.29, 1.82) is 0 Å². The molecule has 20 heavy (non-hydrogen) atoms. The highest BCUT2D eigenvalue weighted by Crippen LogP contribution is 2.41. The van der Waals surface area contributed by atoms with Crippen LogP contribution in [0.1, 0.15) is 15.9 Å². The highest BCUT2D eigenvalue weighted by molar-refractivity contribution is 5.89. The van der Waals surface area contributed by atoms with E-state index in [1.165, 1.54) is 6.07 Å². The number of anilines is 1. The van der Waals surface area contributed by atoms with Gasteiger partial charge in [-0.3, -0.25) is 0 Å². The third kappa shape index (κ3) is 2.03. The minimum atomic E-state index is -0.964. The number of ether oxygens (including phenoxy) is 2. The molecule has 0 fully saturated rings. The van der Waals surface area contributed by atoms with Gasteiger partial charge < -0.3 is 19.9 Å². The standard InChI is InChI=1S/C15H13NO4/c1-19-13-4-2-3-10-8-16-11-7-9(15(17)18)5-6-12(11)20-14(10)13/h2-7,16H,8H2,1H3,(H,17,18). The summed E-state index contributed by atoms with van der Waals surface area (Å²) in [5, 5.41) is 12.2. The summed E-state index contributed by atoms with van der Waals surface area (Å²) in [6.07, 6.45) is 0. The van der Waals surface area contributed by atoms with Crippen LogP contribution in [-0.2, 0) is 6.54 Å². The zero-order chi connectivity index (χ0) is 14.1. The summed E-state index contributed by atoms with van der Waals surface area (Å²) in [6.45, 7) is 0.544.